The third-order valence-electron chi connectivity index (χ3n) is 2.51. The summed E-state index contributed by atoms with van der Waals surface area (Å²) >= 11 is 0. The maximum atomic E-state index is 5.82. The standard InChI is InChI=1S/C12H24O2/c1-9(2)13-11-6-5-7-12(8-11)14-10(3)4/h9-12H,5-8H2,1-4H3. The van der Waals surface area contributed by atoms with Gasteiger partial charge in [0, 0.05) is 0 Å². The normalized spacial score (nSPS) is 28.7. The van der Waals surface area contributed by atoms with Gasteiger partial charge in [0.25, 0.3) is 0 Å². The van der Waals surface area contributed by atoms with Crippen LogP contribution in [0.3, 0.4) is 0 Å². The molecule has 2 unspecified atom stereocenters. The molecule has 1 saturated carbocycles. The van der Waals surface area contributed by atoms with Crippen LogP contribution in [-0.4, -0.2) is 24.4 Å². The highest BCUT2D eigenvalue weighted by Crippen LogP contribution is 2.25. The van der Waals surface area contributed by atoms with Crippen molar-refractivity contribution in [1.82, 2.24) is 0 Å². The molecule has 0 N–H and O–H groups in total. The first kappa shape index (κ1) is 12.0. The summed E-state index contributed by atoms with van der Waals surface area (Å²) in [6, 6.07) is 0. The highest BCUT2D eigenvalue weighted by atomic mass is 16.5. The van der Waals surface area contributed by atoms with E-state index >= 15 is 0 Å². The molecule has 0 aromatic heterocycles. The molecule has 0 bridgehead atoms. The Morgan fingerprint density at radius 1 is 0.857 bits per heavy atom. The van der Waals surface area contributed by atoms with E-state index in [0.29, 0.717) is 24.4 Å². The molecule has 0 radical (unpaired) electrons. The van der Waals surface area contributed by atoms with E-state index in [1.54, 1.807) is 0 Å². The lowest BCUT2D eigenvalue weighted by molar-refractivity contribution is -0.0785. The minimum Gasteiger partial charge on any atom is -0.375 e. The second-order valence-corrected chi connectivity index (χ2v) is 4.78. The topological polar surface area (TPSA) is 18.5 Å². The lowest BCUT2D eigenvalue weighted by Crippen LogP contribution is -2.31. The van der Waals surface area contributed by atoms with E-state index in [4.69, 9.17) is 9.47 Å². The second kappa shape index (κ2) is 5.72. The van der Waals surface area contributed by atoms with Crippen LogP contribution in [-0.2, 0) is 9.47 Å². The first-order valence-corrected chi connectivity index (χ1v) is 5.89. The Labute approximate surface area is 88.0 Å². The summed E-state index contributed by atoms with van der Waals surface area (Å²) in [5.74, 6) is 0. The number of hydrogen-bond donors (Lipinski definition) is 0. The molecule has 0 saturated heterocycles. The van der Waals surface area contributed by atoms with Gasteiger partial charge in [-0.15, -0.1) is 0 Å². The minimum absolute atomic E-state index is 0.345. The van der Waals surface area contributed by atoms with Crippen LogP contribution in [0.25, 0.3) is 0 Å². The average Bonchev–Trinajstić information content (AvgIpc) is 2.01. The van der Waals surface area contributed by atoms with Crippen molar-refractivity contribution in [2.24, 2.45) is 0 Å². The molecule has 0 aliphatic heterocycles. The lowest BCUT2D eigenvalue weighted by atomic mass is 9.94. The highest BCUT2D eigenvalue weighted by Gasteiger charge is 2.24. The van der Waals surface area contributed by atoms with Crippen molar-refractivity contribution < 1.29 is 9.47 Å². The highest BCUT2D eigenvalue weighted by molar-refractivity contribution is 4.74. The van der Waals surface area contributed by atoms with Crippen LogP contribution in [0.1, 0.15) is 53.4 Å². The van der Waals surface area contributed by atoms with E-state index in [1.807, 2.05) is 0 Å². The number of rotatable bonds is 4. The third kappa shape index (κ3) is 4.43. The van der Waals surface area contributed by atoms with Gasteiger partial charge < -0.3 is 9.47 Å². The predicted molar refractivity (Wildman–Crippen MR) is 58.5 cm³/mol. The molecule has 1 fully saturated rings. The zero-order chi connectivity index (χ0) is 10.6. The molecule has 14 heavy (non-hydrogen) atoms. The Hall–Kier alpha value is -0.0800. The second-order valence-electron chi connectivity index (χ2n) is 4.78. The lowest BCUT2D eigenvalue weighted by Gasteiger charge is -2.31. The van der Waals surface area contributed by atoms with Gasteiger partial charge in [0.2, 0.25) is 0 Å². The Balaban J connectivity index is 2.28. The third-order valence-corrected chi connectivity index (χ3v) is 2.51. The van der Waals surface area contributed by atoms with Gasteiger partial charge in [-0.05, 0) is 53.4 Å². The molecule has 2 atom stereocenters. The molecule has 84 valence electrons. The van der Waals surface area contributed by atoms with Gasteiger partial charge in [-0.25, -0.2) is 0 Å². The summed E-state index contributed by atoms with van der Waals surface area (Å²) < 4.78 is 11.6. The molecule has 2 heteroatoms. The summed E-state index contributed by atoms with van der Waals surface area (Å²) in [7, 11) is 0. The van der Waals surface area contributed by atoms with Crippen LogP contribution in [0, 0.1) is 0 Å². The van der Waals surface area contributed by atoms with Crippen molar-refractivity contribution in [3.8, 4) is 0 Å². The number of hydrogen-bond acceptors (Lipinski definition) is 2. The van der Waals surface area contributed by atoms with Crippen molar-refractivity contribution in [3.05, 3.63) is 0 Å². The van der Waals surface area contributed by atoms with Crippen molar-refractivity contribution in [2.75, 3.05) is 0 Å². The van der Waals surface area contributed by atoms with Crippen LogP contribution >= 0.6 is 0 Å². The average molecular weight is 200 g/mol. The summed E-state index contributed by atoms with van der Waals surface area (Å²) in [6.45, 7) is 8.42. The van der Waals surface area contributed by atoms with Gasteiger partial charge in [-0.2, -0.15) is 0 Å². The van der Waals surface area contributed by atoms with E-state index in [-0.39, 0.29) is 0 Å². The molecule has 0 amide bonds. The largest absolute Gasteiger partial charge is 0.375 e. The van der Waals surface area contributed by atoms with Crippen LogP contribution in [0.15, 0.2) is 0 Å². The SMILES string of the molecule is CC(C)OC1CCCC(OC(C)C)C1. The maximum absolute atomic E-state index is 5.82. The van der Waals surface area contributed by atoms with Gasteiger partial charge >= 0.3 is 0 Å². The zero-order valence-corrected chi connectivity index (χ0v) is 9.95. The van der Waals surface area contributed by atoms with Gasteiger partial charge in [0.1, 0.15) is 0 Å². The van der Waals surface area contributed by atoms with E-state index in [0.717, 1.165) is 6.42 Å². The molecule has 1 aliphatic carbocycles. The first-order valence-electron chi connectivity index (χ1n) is 5.89. The molecule has 1 aliphatic rings. The Bertz CT molecular complexity index is 138. The van der Waals surface area contributed by atoms with Crippen molar-refractivity contribution in [1.29, 1.82) is 0 Å². The van der Waals surface area contributed by atoms with Crippen LogP contribution in [0.4, 0.5) is 0 Å². The fraction of sp³-hybridized carbons (Fsp3) is 1.00. The Morgan fingerprint density at radius 2 is 1.29 bits per heavy atom. The van der Waals surface area contributed by atoms with Crippen LogP contribution < -0.4 is 0 Å². The first-order chi connectivity index (χ1) is 6.58. The minimum atomic E-state index is 0.345. The van der Waals surface area contributed by atoms with Gasteiger partial charge in [0.05, 0.1) is 24.4 Å². The van der Waals surface area contributed by atoms with E-state index in [9.17, 15) is 0 Å². The Kier molecular flexibility index (Phi) is 4.90. The van der Waals surface area contributed by atoms with E-state index < -0.39 is 0 Å². The fourth-order valence-corrected chi connectivity index (χ4v) is 2.12. The monoisotopic (exact) mass is 200 g/mol. The number of ether oxygens (including phenoxy) is 2. The molecule has 1 rings (SSSR count). The van der Waals surface area contributed by atoms with E-state index in [2.05, 4.69) is 27.7 Å². The molecule has 0 aromatic rings. The van der Waals surface area contributed by atoms with Gasteiger partial charge in [-0.1, -0.05) is 0 Å². The molecule has 0 spiro atoms. The molecule has 2 nitrogen and oxygen atoms in total. The van der Waals surface area contributed by atoms with Gasteiger partial charge in [0.15, 0.2) is 0 Å². The molecule has 0 heterocycles. The van der Waals surface area contributed by atoms with Crippen molar-refractivity contribution in [2.45, 2.75) is 77.8 Å². The van der Waals surface area contributed by atoms with Crippen LogP contribution in [0.2, 0.25) is 0 Å². The Morgan fingerprint density at radius 3 is 1.64 bits per heavy atom. The smallest absolute Gasteiger partial charge is 0.0603 e. The fourth-order valence-electron chi connectivity index (χ4n) is 2.12. The maximum Gasteiger partial charge on any atom is 0.0603 e. The van der Waals surface area contributed by atoms with Crippen molar-refractivity contribution in [3.63, 3.8) is 0 Å². The summed E-state index contributed by atoms with van der Waals surface area (Å²) in [5.41, 5.74) is 0. The molecule has 0 aromatic carbocycles. The quantitative estimate of drug-likeness (QED) is 0.694. The summed E-state index contributed by atoms with van der Waals surface area (Å²) in [6.07, 6.45) is 6.27. The summed E-state index contributed by atoms with van der Waals surface area (Å²) in [5, 5.41) is 0. The van der Waals surface area contributed by atoms with E-state index in [1.165, 1.54) is 19.3 Å². The predicted octanol–water partition coefficient (Wildman–Crippen LogP) is 3.15. The van der Waals surface area contributed by atoms with Gasteiger partial charge in [-0.3, -0.25) is 0 Å². The van der Waals surface area contributed by atoms with Crippen molar-refractivity contribution >= 4 is 0 Å². The zero-order valence-electron chi connectivity index (χ0n) is 9.95. The summed E-state index contributed by atoms with van der Waals surface area (Å²) in [4.78, 5) is 0. The molecular formula is C12H24O2. The molecular weight excluding hydrogens is 176 g/mol. The van der Waals surface area contributed by atoms with Crippen LogP contribution in [0.5, 0.6) is 0 Å².